The maximum Gasteiger partial charge on any atom is 0.0554 e. The monoisotopic (exact) mass is 234 g/mol. The third kappa shape index (κ3) is 2.28. The van der Waals surface area contributed by atoms with E-state index in [1.54, 1.807) is 6.07 Å². The molecular weight excluding hydrogens is 220 g/mol. The van der Waals surface area contributed by atoms with Crippen molar-refractivity contribution in [3.8, 4) is 11.1 Å². The molecule has 0 aliphatic carbocycles. The Morgan fingerprint density at radius 3 is 2.19 bits per heavy atom. The van der Waals surface area contributed by atoms with Crippen molar-refractivity contribution in [1.29, 1.82) is 0 Å². The Labute approximate surface area is 101 Å². The lowest BCUT2D eigenvalue weighted by Crippen LogP contribution is -1.94. The van der Waals surface area contributed by atoms with Crippen molar-refractivity contribution in [2.45, 2.75) is 7.43 Å². The number of nitrogen functional groups attached to an aromatic ring is 2. The molecule has 0 amide bonds. The normalized spacial score (nSPS) is 9.56. The van der Waals surface area contributed by atoms with Gasteiger partial charge in [-0.05, 0) is 23.8 Å². The molecule has 2 aromatic rings. The maximum absolute atomic E-state index is 6.08. The zero-order valence-corrected chi connectivity index (χ0v) is 8.83. The smallest absolute Gasteiger partial charge is 0.0554 e. The molecular formula is C13H15ClN2. The molecule has 2 aromatic carbocycles. The summed E-state index contributed by atoms with van der Waals surface area (Å²) < 4.78 is 0. The summed E-state index contributed by atoms with van der Waals surface area (Å²) >= 11 is 6.08. The van der Waals surface area contributed by atoms with E-state index in [4.69, 9.17) is 23.1 Å². The number of nitrogens with two attached hydrogens (primary N) is 2. The van der Waals surface area contributed by atoms with Gasteiger partial charge in [0.25, 0.3) is 0 Å². The molecule has 0 fully saturated rings. The lowest BCUT2D eigenvalue weighted by atomic mass is 10.0. The molecule has 0 heterocycles. The summed E-state index contributed by atoms with van der Waals surface area (Å²) in [5.74, 6) is 0. The van der Waals surface area contributed by atoms with Crippen molar-refractivity contribution < 1.29 is 0 Å². The third-order valence-corrected chi connectivity index (χ3v) is 2.60. The molecule has 0 bridgehead atoms. The van der Waals surface area contributed by atoms with E-state index in [0.717, 1.165) is 11.1 Å². The van der Waals surface area contributed by atoms with Crippen LogP contribution in [0.3, 0.4) is 0 Å². The highest BCUT2D eigenvalue weighted by Crippen LogP contribution is 2.30. The van der Waals surface area contributed by atoms with Crippen LogP contribution in [0, 0.1) is 0 Å². The average molecular weight is 235 g/mol. The molecule has 84 valence electrons. The molecule has 0 aliphatic rings. The fraction of sp³-hybridized carbons (Fsp3) is 0.0769. The van der Waals surface area contributed by atoms with Gasteiger partial charge in [0, 0.05) is 10.6 Å². The molecule has 0 saturated carbocycles. The highest BCUT2D eigenvalue weighted by molar-refractivity contribution is 6.33. The highest BCUT2D eigenvalue weighted by atomic mass is 35.5. The van der Waals surface area contributed by atoms with Gasteiger partial charge in [-0.2, -0.15) is 0 Å². The van der Waals surface area contributed by atoms with E-state index in [0.29, 0.717) is 16.4 Å². The van der Waals surface area contributed by atoms with Gasteiger partial charge >= 0.3 is 0 Å². The van der Waals surface area contributed by atoms with Gasteiger partial charge in [-0.1, -0.05) is 43.3 Å². The molecule has 0 radical (unpaired) electrons. The summed E-state index contributed by atoms with van der Waals surface area (Å²) in [6, 6.07) is 13.2. The van der Waals surface area contributed by atoms with Crippen LogP contribution >= 0.6 is 11.6 Å². The highest BCUT2D eigenvalue weighted by Gasteiger charge is 2.03. The van der Waals surface area contributed by atoms with Crippen LogP contribution in [-0.4, -0.2) is 0 Å². The Hall–Kier alpha value is -1.67. The van der Waals surface area contributed by atoms with Crippen molar-refractivity contribution in [3.05, 3.63) is 47.5 Å². The van der Waals surface area contributed by atoms with Crippen molar-refractivity contribution in [2.24, 2.45) is 0 Å². The standard InChI is InChI=1S/C12H11ClN2.CH4/c13-10-4-2-1-3-9(10)8-5-6-11(14)12(15)7-8;/h1-7H,14-15H2;1H4. The van der Waals surface area contributed by atoms with Gasteiger partial charge in [-0.25, -0.2) is 0 Å². The number of rotatable bonds is 1. The van der Waals surface area contributed by atoms with Crippen LogP contribution in [0.5, 0.6) is 0 Å². The van der Waals surface area contributed by atoms with Gasteiger partial charge in [0.05, 0.1) is 11.4 Å². The molecule has 0 unspecified atom stereocenters. The molecule has 0 aliphatic heterocycles. The first-order valence-electron chi connectivity index (χ1n) is 4.58. The zero-order chi connectivity index (χ0) is 10.8. The van der Waals surface area contributed by atoms with Crippen LogP contribution in [0.2, 0.25) is 5.02 Å². The first kappa shape index (κ1) is 12.4. The lowest BCUT2D eigenvalue weighted by molar-refractivity contribution is 1.60. The topological polar surface area (TPSA) is 52.0 Å². The summed E-state index contributed by atoms with van der Waals surface area (Å²) in [4.78, 5) is 0. The fourth-order valence-electron chi connectivity index (χ4n) is 1.44. The second-order valence-corrected chi connectivity index (χ2v) is 3.73. The maximum atomic E-state index is 6.08. The SMILES string of the molecule is C.Nc1ccc(-c2ccccc2Cl)cc1N. The summed E-state index contributed by atoms with van der Waals surface area (Å²) in [6.07, 6.45) is 0. The first-order chi connectivity index (χ1) is 7.18. The van der Waals surface area contributed by atoms with E-state index < -0.39 is 0 Å². The van der Waals surface area contributed by atoms with Crippen molar-refractivity contribution in [3.63, 3.8) is 0 Å². The van der Waals surface area contributed by atoms with E-state index in [1.165, 1.54) is 0 Å². The molecule has 3 heteroatoms. The molecule has 4 N–H and O–H groups in total. The number of anilines is 2. The lowest BCUT2D eigenvalue weighted by Gasteiger charge is -2.06. The number of benzene rings is 2. The predicted octanol–water partition coefficient (Wildman–Crippen LogP) is 3.81. The van der Waals surface area contributed by atoms with Crippen molar-refractivity contribution >= 4 is 23.0 Å². The molecule has 0 spiro atoms. The number of hydrogen-bond acceptors (Lipinski definition) is 2. The Morgan fingerprint density at radius 1 is 0.875 bits per heavy atom. The minimum Gasteiger partial charge on any atom is -0.397 e. The molecule has 0 aromatic heterocycles. The summed E-state index contributed by atoms with van der Waals surface area (Å²) in [7, 11) is 0. The predicted molar refractivity (Wildman–Crippen MR) is 72.4 cm³/mol. The van der Waals surface area contributed by atoms with Gasteiger partial charge in [0.1, 0.15) is 0 Å². The Bertz CT molecular complexity index is 495. The van der Waals surface area contributed by atoms with E-state index in [1.807, 2.05) is 36.4 Å². The Balaban J connectivity index is 0.00000128. The Kier molecular flexibility index (Phi) is 3.80. The van der Waals surface area contributed by atoms with E-state index >= 15 is 0 Å². The van der Waals surface area contributed by atoms with Crippen LogP contribution in [0.4, 0.5) is 11.4 Å². The van der Waals surface area contributed by atoms with Crippen LogP contribution < -0.4 is 11.5 Å². The zero-order valence-electron chi connectivity index (χ0n) is 8.07. The minimum absolute atomic E-state index is 0. The first-order valence-corrected chi connectivity index (χ1v) is 4.96. The molecule has 16 heavy (non-hydrogen) atoms. The van der Waals surface area contributed by atoms with Gasteiger partial charge in [0.2, 0.25) is 0 Å². The average Bonchev–Trinajstić information content (AvgIpc) is 2.23. The van der Waals surface area contributed by atoms with Gasteiger partial charge in [-0.15, -0.1) is 0 Å². The summed E-state index contributed by atoms with van der Waals surface area (Å²) in [5, 5.41) is 0.710. The minimum atomic E-state index is 0. The quantitative estimate of drug-likeness (QED) is 0.738. The van der Waals surface area contributed by atoms with Crippen LogP contribution in [0.15, 0.2) is 42.5 Å². The fourth-order valence-corrected chi connectivity index (χ4v) is 1.68. The van der Waals surface area contributed by atoms with Crippen LogP contribution in [-0.2, 0) is 0 Å². The van der Waals surface area contributed by atoms with Gasteiger partial charge in [-0.3, -0.25) is 0 Å². The summed E-state index contributed by atoms with van der Waals surface area (Å²) in [6.45, 7) is 0. The van der Waals surface area contributed by atoms with E-state index in [2.05, 4.69) is 0 Å². The summed E-state index contributed by atoms with van der Waals surface area (Å²) in [5.41, 5.74) is 14.5. The molecule has 2 rings (SSSR count). The largest absolute Gasteiger partial charge is 0.397 e. The van der Waals surface area contributed by atoms with Gasteiger partial charge < -0.3 is 11.5 Å². The van der Waals surface area contributed by atoms with Crippen molar-refractivity contribution in [1.82, 2.24) is 0 Å². The molecule has 0 atom stereocenters. The number of hydrogen-bond donors (Lipinski definition) is 2. The van der Waals surface area contributed by atoms with Crippen molar-refractivity contribution in [2.75, 3.05) is 11.5 Å². The van der Waals surface area contributed by atoms with E-state index in [9.17, 15) is 0 Å². The second-order valence-electron chi connectivity index (χ2n) is 3.32. The molecule has 0 saturated heterocycles. The van der Waals surface area contributed by atoms with Crippen LogP contribution in [0.1, 0.15) is 7.43 Å². The second kappa shape index (κ2) is 4.90. The Morgan fingerprint density at radius 2 is 1.56 bits per heavy atom. The van der Waals surface area contributed by atoms with E-state index in [-0.39, 0.29) is 7.43 Å². The van der Waals surface area contributed by atoms with Crippen LogP contribution in [0.25, 0.3) is 11.1 Å². The number of halogens is 1. The third-order valence-electron chi connectivity index (χ3n) is 2.27. The molecule has 2 nitrogen and oxygen atoms in total. The van der Waals surface area contributed by atoms with Gasteiger partial charge in [0.15, 0.2) is 0 Å².